The SMILES string of the molecule is CCOC(=O)CCCn1c(=O)ccc2ccc(OCc3ccccc3)cc21. The molecule has 3 rings (SSSR count). The Bertz CT molecular complexity index is 963. The van der Waals surface area contributed by atoms with Gasteiger partial charge in [0.25, 0.3) is 5.56 Å². The van der Waals surface area contributed by atoms with Crippen LogP contribution in [0, 0.1) is 0 Å². The molecule has 0 aliphatic rings. The number of carbonyl (C=O) groups excluding carboxylic acids is 1. The maximum Gasteiger partial charge on any atom is 0.305 e. The summed E-state index contributed by atoms with van der Waals surface area (Å²) in [4.78, 5) is 23.9. The van der Waals surface area contributed by atoms with Crippen LogP contribution in [0.25, 0.3) is 10.9 Å². The van der Waals surface area contributed by atoms with Gasteiger partial charge in [-0.05, 0) is 42.5 Å². The average Bonchev–Trinajstić information content (AvgIpc) is 2.69. The Hall–Kier alpha value is -3.08. The third kappa shape index (κ3) is 4.97. The fourth-order valence-electron chi connectivity index (χ4n) is 2.94. The van der Waals surface area contributed by atoms with Gasteiger partial charge in [0, 0.05) is 25.1 Å². The lowest BCUT2D eigenvalue weighted by Gasteiger charge is -2.12. The predicted octanol–water partition coefficient (Wildman–Crippen LogP) is 3.92. The third-order valence-electron chi connectivity index (χ3n) is 4.28. The van der Waals surface area contributed by atoms with E-state index in [1.807, 2.05) is 48.5 Å². The number of esters is 1. The molecule has 27 heavy (non-hydrogen) atoms. The first kappa shape index (κ1) is 18.7. The van der Waals surface area contributed by atoms with Crippen molar-refractivity contribution in [2.24, 2.45) is 0 Å². The molecule has 0 atom stereocenters. The number of rotatable bonds is 8. The Morgan fingerprint density at radius 2 is 1.81 bits per heavy atom. The Kier molecular flexibility index (Phi) is 6.26. The zero-order valence-electron chi connectivity index (χ0n) is 15.4. The van der Waals surface area contributed by atoms with E-state index in [0.29, 0.717) is 38.3 Å². The highest BCUT2D eigenvalue weighted by Crippen LogP contribution is 2.21. The van der Waals surface area contributed by atoms with Gasteiger partial charge in [-0.2, -0.15) is 0 Å². The molecule has 0 radical (unpaired) electrons. The number of pyridine rings is 1. The Balaban J connectivity index is 1.77. The zero-order chi connectivity index (χ0) is 19.1. The highest BCUT2D eigenvalue weighted by Gasteiger charge is 2.07. The summed E-state index contributed by atoms with van der Waals surface area (Å²) >= 11 is 0. The lowest BCUT2D eigenvalue weighted by atomic mass is 10.2. The van der Waals surface area contributed by atoms with Gasteiger partial charge in [0.1, 0.15) is 12.4 Å². The van der Waals surface area contributed by atoms with E-state index in [1.54, 1.807) is 23.6 Å². The number of fused-ring (bicyclic) bond motifs is 1. The lowest BCUT2D eigenvalue weighted by molar-refractivity contribution is -0.143. The van der Waals surface area contributed by atoms with Crippen LogP contribution in [0.2, 0.25) is 0 Å². The first-order chi connectivity index (χ1) is 13.2. The minimum atomic E-state index is -0.238. The van der Waals surface area contributed by atoms with Crippen molar-refractivity contribution in [1.82, 2.24) is 4.57 Å². The van der Waals surface area contributed by atoms with Gasteiger partial charge in [-0.3, -0.25) is 9.59 Å². The molecular formula is C22H23NO4. The quantitative estimate of drug-likeness (QED) is 0.568. The Morgan fingerprint density at radius 3 is 2.59 bits per heavy atom. The number of aromatic nitrogens is 1. The molecule has 1 heterocycles. The minimum absolute atomic E-state index is 0.0911. The maximum absolute atomic E-state index is 12.3. The Labute approximate surface area is 158 Å². The van der Waals surface area contributed by atoms with E-state index in [2.05, 4.69) is 0 Å². The van der Waals surface area contributed by atoms with Crippen molar-refractivity contribution in [3.8, 4) is 5.75 Å². The number of benzene rings is 2. The molecule has 0 aliphatic heterocycles. The molecule has 3 aromatic rings. The Morgan fingerprint density at radius 1 is 1.04 bits per heavy atom. The first-order valence-corrected chi connectivity index (χ1v) is 9.13. The predicted molar refractivity (Wildman–Crippen MR) is 105 cm³/mol. The van der Waals surface area contributed by atoms with Crippen molar-refractivity contribution in [3.63, 3.8) is 0 Å². The molecule has 0 aliphatic carbocycles. The van der Waals surface area contributed by atoms with Crippen molar-refractivity contribution in [1.29, 1.82) is 0 Å². The monoisotopic (exact) mass is 365 g/mol. The van der Waals surface area contributed by atoms with E-state index in [1.165, 1.54) is 0 Å². The number of ether oxygens (including phenoxy) is 2. The summed E-state index contributed by atoms with van der Waals surface area (Å²) in [6.07, 6.45) is 0.841. The third-order valence-corrected chi connectivity index (χ3v) is 4.28. The molecule has 1 aromatic heterocycles. The van der Waals surface area contributed by atoms with Crippen LogP contribution in [0.4, 0.5) is 0 Å². The van der Waals surface area contributed by atoms with Gasteiger partial charge in [-0.25, -0.2) is 0 Å². The van der Waals surface area contributed by atoms with Crippen molar-refractivity contribution in [2.45, 2.75) is 32.9 Å². The molecule has 0 fully saturated rings. The average molecular weight is 365 g/mol. The normalized spacial score (nSPS) is 10.7. The van der Waals surface area contributed by atoms with Gasteiger partial charge in [0.15, 0.2) is 0 Å². The zero-order valence-corrected chi connectivity index (χ0v) is 15.4. The van der Waals surface area contributed by atoms with E-state index in [0.717, 1.165) is 16.5 Å². The number of hydrogen-bond donors (Lipinski definition) is 0. The molecular weight excluding hydrogens is 342 g/mol. The number of nitrogens with zero attached hydrogens (tertiary/aromatic N) is 1. The fraction of sp³-hybridized carbons (Fsp3) is 0.273. The minimum Gasteiger partial charge on any atom is -0.489 e. The summed E-state index contributed by atoms with van der Waals surface area (Å²) in [5.41, 5.74) is 1.79. The van der Waals surface area contributed by atoms with Crippen molar-refractivity contribution >= 4 is 16.9 Å². The second-order valence-corrected chi connectivity index (χ2v) is 6.23. The summed E-state index contributed by atoms with van der Waals surface area (Å²) in [5, 5.41) is 0.956. The van der Waals surface area contributed by atoms with Gasteiger partial charge in [0.2, 0.25) is 0 Å². The van der Waals surface area contributed by atoms with Crippen LogP contribution in [0.1, 0.15) is 25.3 Å². The number of carbonyl (C=O) groups is 1. The van der Waals surface area contributed by atoms with Crippen LogP contribution in [-0.2, 0) is 22.7 Å². The molecule has 0 saturated heterocycles. The smallest absolute Gasteiger partial charge is 0.305 e. The van der Waals surface area contributed by atoms with Gasteiger partial charge in [-0.1, -0.05) is 30.3 Å². The highest BCUT2D eigenvalue weighted by atomic mass is 16.5. The van der Waals surface area contributed by atoms with Crippen molar-refractivity contribution in [3.05, 3.63) is 76.6 Å². The molecule has 2 aromatic carbocycles. The van der Waals surface area contributed by atoms with Gasteiger partial charge < -0.3 is 14.0 Å². The molecule has 0 amide bonds. The molecule has 0 saturated carbocycles. The van der Waals surface area contributed by atoms with Gasteiger partial charge in [0.05, 0.1) is 12.1 Å². The molecule has 0 N–H and O–H groups in total. The molecule has 0 spiro atoms. The molecule has 5 nitrogen and oxygen atoms in total. The highest BCUT2D eigenvalue weighted by molar-refractivity contribution is 5.80. The van der Waals surface area contributed by atoms with Crippen LogP contribution in [0.5, 0.6) is 5.75 Å². The summed E-state index contributed by atoms with van der Waals surface area (Å²) in [5.74, 6) is 0.466. The number of hydrogen-bond acceptors (Lipinski definition) is 4. The summed E-state index contributed by atoms with van der Waals surface area (Å²) in [6.45, 7) is 3.07. The van der Waals surface area contributed by atoms with Crippen molar-refractivity contribution < 1.29 is 14.3 Å². The molecule has 0 bridgehead atoms. The van der Waals surface area contributed by atoms with Crippen LogP contribution in [0.3, 0.4) is 0 Å². The first-order valence-electron chi connectivity index (χ1n) is 9.13. The second kappa shape index (κ2) is 9.03. The summed E-state index contributed by atoms with van der Waals surface area (Å²) in [6, 6.07) is 19.0. The largest absolute Gasteiger partial charge is 0.489 e. The molecule has 140 valence electrons. The van der Waals surface area contributed by atoms with E-state index >= 15 is 0 Å². The molecule has 5 heteroatoms. The summed E-state index contributed by atoms with van der Waals surface area (Å²) in [7, 11) is 0. The topological polar surface area (TPSA) is 57.5 Å². The summed E-state index contributed by atoms with van der Waals surface area (Å²) < 4.78 is 12.5. The van der Waals surface area contributed by atoms with E-state index < -0.39 is 0 Å². The van der Waals surface area contributed by atoms with Crippen LogP contribution >= 0.6 is 0 Å². The van der Waals surface area contributed by atoms with Gasteiger partial charge in [-0.15, -0.1) is 0 Å². The van der Waals surface area contributed by atoms with Crippen molar-refractivity contribution in [2.75, 3.05) is 6.61 Å². The van der Waals surface area contributed by atoms with E-state index in [4.69, 9.17) is 9.47 Å². The van der Waals surface area contributed by atoms with Gasteiger partial charge >= 0.3 is 5.97 Å². The maximum atomic E-state index is 12.3. The second-order valence-electron chi connectivity index (χ2n) is 6.23. The lowest BCUT2D eigenvalue weighted by Crippen LogP contribution is -2.20. The van der Waals surface area contributed by atoms with E-state index in [9.17, 15) is 9.59 Å². The van der Waals surface area contributed by atoms with E-state index in [-0.39, 0.29) is 11.5 Å². The standard InChI is InChI=1S/C22H23NO4/c1-2-26-22(25)9-6-14-23-20-15-19(12-10-18(20)11-13-21(23)24)27-16-17-7-4-3-5-8-17/h3-5,7-8,10-13,15H,2,6,9,14,16H2,1H3. The van der Waals surface area contributed by atoms with Crippen LogP contribution in [0.15, 0.2) is 65.5 Å². The van der Waals surface area contributed by atoms with Crippen LogP contribution in [-0.4, -0.2) is 17.1 Å². The fourth-order valence-corrected chi connectivity index (χ4v) is 2.94. The molecule has 0 unspecified atom stereocenters. The number of aryl methyl sites for hydroxylation is 1. The van der Waals surface area contributed by atoms with Crippen LogP contribution < -0.4 is 10.3 Å².